The van der Waals surface area contributed by atoms with Crippen molar-refractivity contribution in [2.75, 3.05) is 19.0 Å². The number of nitrogens with zero attached hydrogens (tertiary/aromatic N) is 1. The van der Waals surface area contributed by atoms with Crippen molar-refractivity contribution in [3.8, 4) is 0 Å². The van der Waals surface area contributed by atoms with E-state index in [1.54, 1.807) is 0 Å². The van der Waals surface area contributed by atoms with Gasteiger partial charge in [0.15, 0.2) is 0 Å². The van der Waals surface area contributed by atoms with Crippen LogP contribution in [0.1, 0.15) is 31.2 Å². The van der Waals surface area contributed by atoms with Crippen LogP contribution in [0.25, 0.3) is 0 Å². The second kappa shape index (κ2) is 3.01. The lowest BCUT2D eigenvalue weighted by Crippen LogP contribution is -2.37. The first kappa shape index (κ1) is 10.2. The number of hydrogen-bond acceptors (Lipinski definition) is 2. The van der Waals surface area contributed by atoms with Crippen molar-refractivity contribution in [1.82, 2.24) is 0 Å². The van der Waals surface area contributed by atoms with Crippen molar-refractivity contribution in [1.29, 1.82) is 0 Å². The summed E-state index contributed by atoms with van der Waals surface area (Å²) in [6, 6.07) is 8.97. The zero-order chi connectivity index (χ0) is 11.4. The monoisotopic (exact) mass is 216 g/mol. The molecule has 2 aliphatic rings. The first-order valence-electron chi connectivity index (χ1n) is 6.14. The van der Waals surface area contributed by atoms with Gasteiger partial charge in [-0.25, -0.2) is 0 Å². The average Bonchev–Trinajstić information content (AvgIpc) is 3.13. The molecule has 1 aromatic carbocycles. The summed E-state index contributed by atoms with van der Waals surface area (Å²) < 4.78 is 0. The third-order valence-corrected chi connectivity index (χ3v) is 4.43. The molecule has 0 radical (unpaired) electrons. The minimum Gasteiger partial charge on any atom is -0.378 e. The molecular weight excluding hydrogens is 196 g/mol. The van der Waals surface area contributed by atoms with Gasteiger partial charge in [0.25, 0.3) is 0 Å². The number of hydrogen-bond donors (Lipinski definition) is 1. The van der Waals surface area contributed by atoms with Gasteiger partial charge in [-0.15, -0.1) is 0 Å². The van der Waals surface area contributed by atoms with Crippen LogP contribution in [0.5, 0.6) is 0 Å². The molecule has 0 amide bonds. The van der Waals surface area contributed by atoms with Crippen molar-refractivity contribution in [2.45, 2.75) is 36.6 Å². The molecule has 2 fully saturated rings. The Balaban J connectivity index is 1.90. The first-order valence-corrected chi connectivity index (χ1v) is 6.14. The maximum atomic E-state index is 6.41. The van der Waals surface area contributed by atoms with E-state index in [1.165, 1.54) is 36.9 Å². The fraction of sp³-hybridized carbons (Fsp3) is 0.571. The van der Waals surface area contributed by atoms with Crippen molar-refractivity contribution >= 4 is 5.69 Å². The van der Waals surface area contributed by atoms with E-state index in [2.05, 4.69) is 43.3 Å². The molecule has 0 spiro atoms. The van der Waals surface area contributed by atoms with Crippen LogP contribution in [-0.4, -0.2) is 19.6 Å². The minimum atomic E-state index is 0.132. The molecular formula is C14H20N2. The van der Waals surface area contributed by atoms with Gasteiger partial charge in [-0.3, -0.25) is 0 Å². The molecule has 16 heavy (non-hydrogen) atoms. The molecule has 2 saturated carbocycles. The molecule has 0 saturated heterocycles. The molecule has 1 aromatic rings. The Morgan fingerprint density at radius 2 is 1.56 bits per heavy atom. The van der Waals surface area contributed by atoms with E-state index in [9.17, 15) is 0 Å². The van der Waals surface area contributed by atoms with E-state index in [1.807, 2.05) is 0 Å². The Morgan fingerprint density at radius 1 is 1.00 bits per heavy atom. The van der Waals surface area contributed by atoms with E-state index in [0.29, 0.717) is 5.41 Å². The van der Waals surface area contributed by atoms with Gasteiger partial charge < -0.3 is 10.6 Å². The molecule has 0 bridgehead atoms. The highest BCUT2D eigenvalue weighted by Gasteiger charge is 2.63. The van der Waals surface area contributed by atoms with Gasteiger partial charge in [-0.2, -0.15) is 0 Å². The standard InChI is InChI=1S/C14H20N2/c1-16(2)12-5-3-11(4-6-12)13(7-8-13)14(15)9-10-14/h3-6H,7-10,15H2,1-2H3. The smallest absolute Gasteiger partial charge is 0.0361 e. The lowest BCUT2D eigenvalue weighted by Gasteiger charge is -2.24. The molecule has 2 aliphatic carbocycles. The average molecular weight is 216 g/mol. The molecule has 3 rings (SSSR count). The molecule has 0 atom stereocenters. The van der Waals surface area contributed by atoms with Gasteiger partial charge >= 0.3 is 0 Å². The van der Waals surface area contributed by atoms with Crippen LogP contribution in [0.15, 0.2) is 24.3 Å². The second-order valence-electron chi connectivity index (χ2n) is 5.68. The van der Waals surface area contributed by atoms with Gasteiger partial charge in [0, 0.05) is 30.7 Å². The van der Waals surface area contributed by atoms with Gasteiger partial charge in [0.1, 0.15) is 0 Å². The summed E-state index contributed by atoms with van der Waals surface area (Å²) in [7, 11) is 4.15. The predicted octanol–water partition coefficient (Wildman–Crippen LogP) is 2.28. The van der Waals surface area contributed by atoms with Crippen molar-refractivity contribution in [3.05, 3.63) is 29.8 Å². The predicted molar refractivity (Wildman–Crippen MR) is 67.8 cm³/mol. The fourth-order valence-corrected chi connectivity index (χ4v) is 2.89. The molecule has 86 valence electrons. The minimum absolute atomic E-state index is 0.132. The van der Waals surface area contributed by atoms with Crippen LogP contribution in [0.4, 0.5) is 5.69 Å². The molecule has 2 N–H and O–H groups in total. The van der Waals surface area contributed by atoms with Gasteiger partial charge in [-0.05, 0) is 43.4 Å². The Hall–Kier alpha value is -1.02. The summed E-state index contributed by atoms with van der Waals surface area (Å²) in [5, 5.41) is 0. The van der Waals surface area contributed by atoms with E-state index >= 15 is 0 Å². The van der Waals surface area contributed by atoms with Crippen LogP contribution >= 0.6 is 0 Å². The maximum Gasteiger partial charge on any atom is 0.0361 e. The van der Waals surface area contributed by atoms with E-state index < -0.39 is 0 Å². The zero-order valence-electron chi connectivity index (χ0n) is 10.2. The summed E-state index contributed by atoms with van der Waals surface area (Å²) in [6.07, 6.45) is 4.99. The fourth-order valence-electron chi connectivity index (χ4n) is 2.89. The van der Waals surface area contributed by atoms with Crippen LogP contribution in [0.2, 0.25) is 0 Å². The summed E-state index contributed by atoms with van der Waals surface area (Å²) in [4.78, 5) is 2.14. The van der Waals surface area contributed by atoms with Crippen molar-refractivity contribution in [3.63, 3.8) is 0 Å². The lowest BCUT2D eigenvalue weighted by molar-refractivity contribution is 0.503. The van der Waals surface area contributed by atoms with Gasteiger partial charge in [0.2, 0.25) is 0 Å². The topological polar surface area (TPSA) is 29.3 Å². The van der Waals surface area contributed by atoms with Crippen LogP contribution in [0, 0.1) is 0 Å². The highest BCUT2D eigenvalue weighted by molar-refractivity contribution is 5.50. The molecule has 0 aliphatic heterocycles. The zero-order valence-corrected chi connectivity index (χ0v) is 10.2. The number of anilines is 1. The van der Waals surface area contributed by atoms with Crippen molar-refractivity contribution in [2.24, 2.45) is 5.73 Å². The summed E-state index contributed by atoms with van der Waals surface area (Å²) >= 11 is 0. The number of benzene rings is 1. The van der Waals surface area contributed by atoms with Gasteiger partial charge in [-0.1, -0.05) is 12.1 Å². The molecule has 2 nitrogen and oxygen atoms in total. The van der Waals surface area contributed by atoms with Gasteiger partial charge in [0.05, 0.1) is 0 Å². The largest absolute Gasteiger partial charge is 0.378 e. The third kappa shape index (κ3) is 1.29. The quantitative estimate of drug-likeness (QED) is 0.840. The Kier molecular flexibility index (Phi) is 1.91. The Bertz CT molecular complexity index is 397. The highest BCUT2D eigenvalue weighted by atomic mass is 15.1. The SMILES string of the molecule is CN(C)c1ccc(C2(C3(N)CC3)CC2)cc1. The number of nitrogens with two attached hydrogens (primary N) is 1. The lowest BCUT2D eigenvalue weighted by atomic mass is 9.86. The first-order chi connectivity index (χ1) is 7.57. The van der Waals surface area contributed by atoms with E-state index in [4.69, 9.17) is 5.73 Å². The Morgan fingerprint density at radius 3 is 1.94 bits per heavy atom. The molecule has 2 heteroatoms. The summed E-state index contributed by atoms with van der Waals surface area (Å²) in [6.45, 7) is 0. The summed E-state index contributed by atoms with van der Waals surface area (Å²) in [5.74, 6) is 0. The second-order valence-corrected chi connectivity index (χ2v) is 5.68. The van der Waals surface area contributed by atoms with Crippen LogP contribution in [0.3, 0.4) is 0 Å². The van der Waals surface area contributed by atoms with Crippen LogP contribution in [-0.2, 0) is 5.41 Å². The molecule has 0 aromatic heterocycles. The Labute approximate surface area is 97.4 Å². The normalized spacial score (nSPS) is 23.9. The highest BCUT2D eigenvalue weighted by Crippen LogP contribution is 2.63. The van der Waals surface area contributed by atoms with Crippen LogP contribution < -0.4 is 10.6 Å². The molecule has 0 heterocycles. The van der Waals surface area contributed by atoms with E-state index in [0.717, 1.165) is 0 Å². The molecule has 0 unspecified atom stereocenters. The summed E-state index contributed by atoms with van der Waals surface area (Å²) in [5.41, 5.74) is 9.59. The maximum absolute atomic E-state index is 6.41. The number of rotatable bonds is 3. The van der Waals surface area contributed by atoms with E-state index in [-0.39, 0.29) is 5.54 Å². The van der Waals surface area contributed by atoms with Crippen molar-refractivity contribution < 1.29 is 0 Å². The third-order valence-electron chi connectivity index (χ3n) is 4.43.